The molecule has 0 radical (unpaired) electrons. The fraction of sp³-hybridized carbons (Fsp3) is 0.500. The third kappa shape index (κ3) is 4.51. The second-order valence-corrected chi connectivity index (χ2v) is 7.23. The molecule has 1 unspecified atom stereocenters. The van der Waals surface area contributed by atoms with Gasteiger partial charge < -0.3 is 16.4 Å². The molecule has 164 valence electrons. The van der Waals surface area contributed by atoms with Crippen LogP contribution in [-0.4, -0.2) is 35.1 Å². The van der Waals surface area contributed by atoms with E-state index in [1.165, 1.54) is 6.07 Å². The molecule has 1 atom stereocenters. The number of nitrogens with zero attached hydrogens (tertiary/aromatic N) is 4. The molecule has 0 aromatic carbocycles. The van der Waals surface area contributed by atoms with Gasteiger partial charge in [-0.2, -0.15) is 26.3 Å². The molecule has 6 nitrogen and oxygen atoms in total. The highest BCUT2D eigenvalue weighted by Gasteiger charge is 2.46. The Morgan fingerprint density at radius 2 is 1.77 bits per heavy atom. The normalized spacial score (nSPS) is 23.4. The van der Waals surface area contributed by atoms with Gasteiger partial charge in [0, 0.05) is 48.6 Å². The largest absolute Gasteiger partial charge is 0.451 e. The Kier molecular flexibility index (Phi) is 5.70. The van der Waals surface area contributed by atoms with Gasteiger partial charge in [0.15, 0.2) is 0 Å². The van der Waals surface area contributed by atoms with Crippen molar-refractivity contribution < 1.29 is 26.3 Å². The van der Waals surface area contributed by atoms with Crippen molar-refractivity contribution in [1.29, 1.82) is 0 Å². The van der Waals surface area contributed by atoms with Gasteiger partial charge in [0.05, 0.1) is 5.92 Å². The maximum absolute atomic E-state index is 13.5. The Bertz CT molecular complexity index is 880. The van der Waals surface area contributed by atoms with E-state index < -0.39 is 36.4 Å². The maximum Gasteiger partial charge on any atom is 0.451 e. The first kappa shape index (κ1) is 21.9. The highest BCUT2D eigenvalue weighted by molar-refractivity contribution is 5.99. The summed E-state index contributed by atoms with van der Waals surface area (Å²) in [7, 11) is 0. The number of aromatic nitrogens is 2. The number of aliphatic imine (C=N–C) groups is 1. The van der Waals surface area contributed by atoms with Crippen LogP contribution in [0.3, 0.4) is 0 Å². The van der Waals surface area contributed by atoms with Crippen LogP contribution in [0.1, 0.15) is 25.1 Å². The molecule has 2 aliphatic heterocycles. The predicted molar refractivity (Wildman–Crippen MR) is 98.1 cm³/mol. The van der Waals surface area contributed by atoms with Crippen LogP contribution in [0.2, 0.25) is 0 Å². The van der Waals surface area contributed by atoms with Crippen molar-refractivity contribution in [3.63, 3.8) is 0 Å². The van der Waals surface area contributed by atoms with Gasteiger partial charge in [-0.15, -0.1) is 0 Å². The second kappa shape index (κ2) is 7.80. The van der Waals surface area contributed by atoms with Crippen molar-refractivity contribution in [2.24, 2.45) is 28.3 Å². The van der Waals surface area contributed by atoms with Crippen LogP contribution in [0.5, 0.6) is 0 Å². The minimum Gasteiger partial charge on any atom is -0.401 e. The lowest BCUT2D eigenvalue weighted by Crippen LogP contribution is -2.40. The summed E-state index contributed by atoms with van der Waals surface area (Å²) in [4.78, 5) is 12.3. The third-order valence-corrected chi connectivity index (χ3v) is 5.20. The number of hydrogen-bond acceptors (Lipinski definition) is 6. The fourth-order valence-corrected chi connectivity index (χ4v) is 3.72. The van der Waals surface area contributed by atoms with Crippen molar-refractivity contribution in [1.82, 2.24) is 9.97 Å². The summed E-state index contributed by atoms with van der Waals surface area (Å²) in [6, 6.07) is 1.36. The lowest BCUT2D eigenvalue weighted by Gasteiger charge is -2.35. The van der Waals surface area contributed by atoms with Crippen LogP contribution in [0.25, 0.3) is 0 Å². The Balaban J connectivity index is 1.80. The van der Waals surface area contributed by atoms with E-state index in [0.29, 0.717) is 12.8 Å². The van der Waals surface area contributed by atoms with Crippen molar-refractivity contribution in [2.75, 3.05) is 18.0 Å². The van der Waals surface area contributed by atoms with Crippen LogP contribution in [0.4, 0.5) is 32.2 Å². The molecular formula is C18H20F6N6. The number of halogens is 6. The average molecular weight is 434 g/mol. The van der Waals surface area contributed by atoms with Gasteiger partial charge in [-0.25, -0.2) is 15.0 Å². The zero-order valence-electron chi connectivity index (χ0n) is 15.8. The summed E-state index contributed by atoms with van der Waals surface area (Å²) in [5, 5.41) is 0. The lowest BCUT2D eigenvalue weighted by atomic mass is 9.83. The fourth-order valence-electron chi connectivity index (χ4n) is 3.72. The van der Waals surface area contributed by atoms with E-state index in [0.717, 1.165) is 6.20 Å². The van der Waals surface area contributed by atoms with E-state index >= 15 is 0 Å². The standard InChI is InChI=1S/C18H20F6N6/c1-9-8-11(17(19,20)21)13(15(26)28-9)14(25)10-3-6-30(7-4-10)12-2-5-27-16(29-12)18(22,23)24/h2,5,10-11H,1,3-4,6-8,25H2,(H2,26,28). The molecule has 4 N–H and O–H groups in total. The zero-order chi connectivity index (χ0) is 22.3. The smallest absolute Gasteiger partial charge is 0.401 e. The molecule has 0 aliphatic carbocycles. The molecule has 0 spiro atoms. The number of piperidine rings is 1. The third-order valence-electron chi connectivity index (χ3n) is 5.20. The molecule has 1 fully saturated rings. The number of allylic oxidation sites excluding steroid dienone is 2. The van der Waals surface area contributed by atoms with E-state index in [-0.39, 0.29) is 41.7 Å². The minimum atomic E-state index is -4.67. The number of nitrogens with two attached hydrogens (primary N) is 2. The van der Waals surface area contributed by atoms with E-state index in [1.807, 2.05) is 0 Å². The number of anilines is 1. The van der Waals surface area contributed by atoms with Crippen LogP contribution in [0, 0.1) is 11.8 Å². The van der Waals surface area contributed by atoms with E-state index in [1.54, 1.807) is 4.90 Å². The van der Waals surface area contributed by atoms with Crippen LogP contribution in [-0.2, 0) is 6.18 Å². The predicted octanol–water partition coefficient (Wildman–Crippen LogP) is 3.38. The molecule has 12 heteroatoms. The monoisotopic (exact) mass is 434 g/mol. The van der Waals surface area contributed by atoms with Gasteiger partial charge in [-0.1, -0.05) is 6.58 Å². The summed E-state index contributed by atoms with van der Waals surface area (Å²) < 4.78 is 79.0. The van der Waals surface area contributed by atoms with Gasteiger partial charge in [0.25, 0.3) is 0 Å². The molecule has 30 heavy (non-hydrogen) atoms. The quantitative estimate of drug-likeness (QED) is 0.697. The Morgan fingerprint density at radius 3 is 2.33 bits per heavy atom. The molecule has 1 aromatic rings. The number of hydrogen-bond donors (Lipinski definition) is 2. The van der Waals surface area contributed by atoms with Crippen LogP contribution >= 0.6 is 0 Å². The molecule has 1 saturated heterocycles. The highest BCUT2D eigenvalue weighted by atomic mass is 19.4. The zero-order valence-corrected chi connectivity index (χ0v) is 15.8. The summed E-state index contributed by atoms with van der Waals surface area (Å²) in [5.41, 5.74) is 11.7. The van der Waals surface area contributed by atoms with Crippen molar-refractivity contribution in [3.8, 4) is 0 Å². The summed E-state index contributed by atoms with van der Waals surface area (Å²) in [6.07, 6.45) is -7.95. The van der Waals surface area contributed by atoms with E-state index in [9.17, 15) is 26.3 Å². The van der Waals surface area contributed by atoms with E-state index in [4.69, 9.17) is 11.5 Å². The summed E-state index contributed by atoms with van der Waals surface area (Å²) >= 11 is 0. The first-order valence-electron chi connectivity index (χ1n) is 9.11. The molecule has 3 rings (SSSR count). The van der Waals surface area contributed by atoms with Gasteiger partial charge in [0.1, 0.15) is 11.7 Å². The first-order chi connectivity index (χ1) is 13.9. The van der Waals surface area contributed by atoms with Crippen molar-refractivity contribution in [3.05, 3.63) is 41.6 Å². The second-order valence-electron chi connectivity index (χ2n) is 7.23. The van der Waals surface area contributed by atoms with E-state index in [2.05, 4.69) is 21.5 Å². The topological polar surface area (TPSA) is 93.4 Å². The molecule has 3 heterocycles. The lowest BCUT2D eigenvalue weighted by molar-refractivity contribution is -0.163. The number of alkyl halides is 6. The van der Waals surface area contributed by atoms with Crippen molar-refractivity contribution >= 4 is 11.7 Å². The highest BCUT2D eigenvalue weighted by Crippen LogP contribution is 2.41. The molecule has 2 aliphatic rings. The van der Waals surface area contributed by atoms with Gasteiger partial charge in [-0.05, 0) is 18.9 Å². The minimum absolute atomic E-state index is 0.0180. The van der Waals surface area contributed by atoms with Crippen LogP contribution < -0.4 is 16.4 Å². The molecule has 1 aromatic heterocycles. The van der Waals surface area contributed by atoms with Crippen LogP contribution in [0.15, 0.2) is 40.8 Å². The van der Waals surface area contributed by atoms with Gasteiger partial charge in [0.2, 0.25) is 5.82 Å². The first-order valence-corrected chi connectivity index (χ1v) is 9.11. The average Bonchev–Trinajstić information content (AvgIpc) is 2.66. The molecular weight excluding hydrogens is 414 g/mol. The Morgan fingerprint density at radius 1 is 1.13 bits per heavy atom. The summed E-state index contributed by atoms with van der Waals surface area (Å²) in [5.74, 6) is -3.73. The van der Waals surface area contributed by atoms with Crippen molar-refractivity contribution in [2.45, 2.75) is 31.6 Å². The Labute approximate surface area is 168 Å². The molecule has 0 saturated carbocycles. The Hall–Kier alpha value is -2.79. The molecule has 0 bridgehead atoms. The van der Waals surface area contributed by atoms with Gasteiger partial charge >= 0.3 is 12.4 Å². The SMILES string of the molecule is C=C1CC(C(F)(F)F)C(=C(N)C2CCN(c3ccnc(C(F)(F)F)n3)CC2)C(N)=N1. The van der Waals surface area contributed by atoms with Gasteiger partial charge in [-0.3, -0.25) is 0 Å². The summed E-state index contributed by atoms with van der Waals surface area (Å²) in [6.45, 7) is 4.02. The maximum atomic E-state index is 13.5. The number of amidine groups is 1. The molecule has 0 amide bonds. The number of rotatable bonds is 2.